The van der Waals surface area contributed by atoms with Crippen molar-refractivity contribution >= 4 is 23.2 Å². The Kier molecular flexibility index (Phi) is 3.78. The molecule has 0 fully saturated rings. The Labute approximate surface area is 114 Å². The molecule has 96 valence electrons. The lowest BCUT2D eigenvalue weighted by Crippen LogP contribution is -2.19. The molecular formula is C12H10ClN5O. The van der Waals surface area contributed by atoms with Gasteiger partial charge in [0.2, 0.25) is 5.91 Å². The molecule has 1 N–H and O–H groups in total. The van der Waals surface area contributed by atoms with Gasteiger partial charge in [0.05, 0.1) is 0 Å². The molecule has 1 aromatic heterocycles. The molecule has 6 nitrogen and oxygen atoms in total. The maximum Gasteiger partial charge on any atom is 0.252 e. The zero-order valence-electron chi connectivity index (χ0n) is 10.1. The van der Waals surface area contributed by atoms with Gasteiger partial charge in [-0.1, -0.05) is 17.7 Å². The van der Waals surface area contributed by atoms with E-state index in [0.717, 1.165) is 5.56 Å². The highest BCUT2D eigenvalue weighted by Crippen LogP contribution is 2.22. The Morgan fingerprint density at radius 3 is 3.05 bits per heavy atom. The van der Waals surface area contributed by atoms with Gasteiger partial charge in [0, 0.05) is 10.7 Å². The monoisotopic (exact) mass is 275 g/mol. The topological polar surface area (TPSA) is 83.6 Å². The van der Waals surface area contributed by atoms with Crippen LogP contribution in [0.4, 0.5) is 5.69 Å². The highest BCUT2D eigenvalue weighted by Gasteiger charge is 2.08. The summed E-state index contributed by atoms with van der Waals surface area (Å²) >= 11 is 5.96. The first-order valence-corrected chi connectivity index (χ1v) is 5.82. The minimum Gasteiger partial charge on any atom is -0.324 e. The summed E-state index contributed by atoms with van der Waals surface area (Å²) < 4.78 is 1.30. The summed E-state index contributed by atoms with van der Waals surface area (Å²) in [6.07, 6.45) is 1.34. The molecule has 0 unspecified atom stereocenters. The molecule has 0 aliphatic carbocycles. The Morgan fingerprint density at radius 1 is 1.58 bits per heavy atom. The van der Waals surface area contributed by atoms with E-state index in [1.54, 1.807) is 24.3 Å². The van der Waals surface area contributed by atoms with E-state index in [0.29, 0.717) is 10.7 Å². The lowest BCUT2D eigenvalue weighted by Gasteiger charge is -2.09. The highest BCUT2D eigenvalue weighted by atomic mass is 35.5. The van der Waals surface area contributed by atoms with Crippen molar-refractivity contribution in [3.63, 3.8) is 0 Å². The first kappa shape index (κ1) is 13.1. The molecule has 0 aliphatic heterocycles. The number of nitriles is 1. The van der Waals surface area contributed by atoms with Crippen LogP contribution in [0.15, 0.2) is 24.5 Å². The molecule has 0 atom stereocenters. The van der Waals surface area contributed by atoms with E-state index in [1.165, 1.54) is 11.0 Å². The molecular weight excluding hydrogens is 266 g/mol. The maximum absolute atomic E-state index is 11.8. The molecule has 1 heterocycles. The number of anilines is 1. The van der Waals surface area contributed by atoms with Crippen LogP contribution in [0.3, 0.4) is 0 Å². The van der Waals surface area contributed by atoms with Gasteiger partial charge in [0.15, 0.2) is 0 Å². The first-order valence-electron chi connectivity index (χ1n) is 5.44. The number of halogens is 1. The summed E-state index contributed by atoms with van der Waals surface area (Å²) in [5.41, 5.74) is 1.45. The van der Waals surface area contributed by atoms with E-state index in [4.69, 9.17) is 16.9 Å². The van der Waals surface area contributed by atoms with Gasteiger partial charge >= 0.3 is 0 Å². The summed E-state index contributed by atoms with van der Waals surface area (Å²) in [7, 11) is 0. The van der Waals surface area contributed by atoms with Crippen LogP contribution in [0.5, 0.6) is 0 Å². The molecule has 0 saturated heterocycles. The van der Waals surface area contributed by atoms with Crippen molar-refractivity contribution in [1.82, 2.24) is 14.8 Å². The number of rotatable bonds is 3. The zero-order chi connectivity index (χ0) is 13.8. The average Bonchev–Trinajstić information content (AvgIpc) is 2.82. The lowest BCUT2D eigenvalue weighted by molar-refractivity contribution is -0.116. The van der Waals surface area contributed by atoms with Crippen LogP contribution >= 0.6 is 11.6 Å². The molecule has 7 heteroatoms. The summed E-state index contributed by atoms with van der Waals surface area (Å²) in [6, 6.07) is 7.07. The second-order valence-corrected chi connectivity index (χ2v) is 4.25. The van der Waals surface area contributed by atoms with Crippen molar-refractivity contribution in [3.8, 4) is 6.07 Å². The van der Waals surface area contributed by atoms with Crippen LogP contribution in [0.2, 0.25) is 5.02 Å². The van der Waals surface area contributed by atoms with Crippen molar-refractivity contribution < 1.29 is 4.79 Å². The van der Waals surface area contributed by atoms with Crippen molar-refractivity contribution in [2.75, 3.05) is 5.32 Å². The van der Waals surface area contributed by atoms with E-state index in [-0.39, 0.29) is 18.3 Å². The third kappa shape index (κ3) is 3.09. The number of aromatic nitrogens is 3. The van der Waals surface area contributed by atoms with E-state index < -0.39 is 0 Å². The molecule has 2 rings (SSSR count). The van der Waals surface area contributed by atoms with Crippen LogP contribution in [0, 0.1) is 18.3 Å². The van der Waals surface area contributed by atoms with E-state index in [9.17, 15) is 4.79 Å². The molecule has 1 aromatic carbocycles. The quantitative estimate of drug-likeness (QED) is 0.925. The van der Waals surface area contributed by atoms with E-state index in [2.05, 4.69) is 15.4 Å². The predicted octanol–water partition coefficient (Wildman–Crippen LogP) is 1.75. The summed E-state index contributed by atoms with van der Waals surface area (Å²) in [5.74, 6) is -0.230. The summed E-state index contributed by atoms with van der Waals surface area (Å²) in [4.78, 5) is 15.5. The number of carbonyl (C=O) groups excluding carboxylic acids is 1. The molecule has 0 bridgehead atoms. The third-order valence-electron chi connectivity index (χ3n) is 2.48. The minimum absolute atomic E-state index is 0.0133. The smallest absolute Gasteiger partial charge is 0.252 e. The van der Waals surface area contributed by atoms with Crippen LogP contribution in [0.1, 0.15) is 11.4 Å². The number of nitrogens with one attached hydrogen (secondary N) is 1. The van der Waals surface area contributed by atoms with E-state index in [1.807, 2.05) is 6.92 Å². The second kappa shape index (κ2) is 5.50. The standard InChI is InChI=1S/C12H10ClN5O/c1-8-9(13)3-2-4-10(8)16-12(19)6-18-7-15-11(5-14)17-18/h2-4,7H,6H2,1H3,(H,16,19). The summed E-state index contributed by atoms with van der Waals surface area (Å²) in [5, 5.41) is 15.7. The molecule has 19 heavy (non-hydrogen) atoms. The second-order valence-electron chi connectivity index (χ2n) is 3.84. The molecule has 0 spiro atoms. The van der Waals surface area contributed by atoms with Gasteiger partial charge in [-0.2, -0.15) is 5.26 Å². The number of amides is 1. The van der Waals surface area contributed by atoms with Crippen LogP contribution < -0.4 is 5.32 Å². The SMILES string of the molecule is Cc1c(Cl)cccc1NC(=O)Cn1cnc(C#N)n1. The van der Waals surface area contributed by atoms with Gasteiger partial charge in [-0.25, -0.2) is 9.67 Å². The average molecular weight is 276 g/mol. The fourth-order valence-electron chi connectivity index (χ4n) is 1.50. The van der Waals surface area contributed by atoms with Crippen molar-refractivity contribution in [1.29, 1.82) is 5.26 Å². The zero-order valence-corrected chi connectivity index (χ0v) is 10.8. The number of hydrogen-bond acceptors (Lipinski definition) is 4. The van der Waals surface area contributed by atoms with Gasteiger partial charge in [0.1, 0.15) is 18.9 Å². The molecule has 0 saturated carbocycles. The van der Waals surface area contributed by atoms with Crippen molar-refractivity contribution in [3.05, 3.63) is 40.9 Å². The maximum atomic E-state index is 11.8. The predicted molar refractivity (Wildman–Crippen MR) is 69.6 cm³/mol. The van der Waals surface area contributed by atoms with Crippen LogP contribution in [-0.2, 0) is 11.3 Å². The van der Waals surface area contributed by atoms with Gasteiger partial charge in [-0.3, -0.25) is 4.79 Å². The fraction of sp³-hybridized carbons (Fsp3) is 0.167. The molecule has 1 amide bonds. The first-order chi connectivity index (χ1) is 9.10. The number of carbonyl (C=O) groups is 1. The molecule has 2 aromatic rings. The highest BCUT2D eigenvalue weighted by molar-refractivity contribution is 6.31. The Hall–Kier alpha value is -2.39. The third-order valence-corrected chi connectivity index (χ3v) is 2.89. The van der Waals surface area contributed by atoms with Crippen molar-refractivity contribution in [2.24, 2.45) is 0 Å². The normalized spacial score (nSPS) is 9.95. The van der Waals surface area contributed by atoms with Gasteiger partial charge < -0.3 is 5.32 Å². The Morgan fingerprint density at radius 2 is 2.37 bits per heavy atom. The van der Waals surface area contributed by atoms with Crippen LogP contribution in [0.25, 0.3) is 0 Å². The lowest BCUT2D eigenvalue weighted by atomic mass is 10.2. The molecule has 0 radical (unpaired) electrons. The van der Waals surface area contributed by atoms with Crippen LogP contribution in [-0.4, -0.2) is 20.7 Å². The summed E-state index contributed by atoms with van der Waals surface area (Å²) in [6.45, 7) is 1.81. The largest absolute Gasteiger partial charge is 0.324 e. The van der Waals surface area contributed by atoms with E-state index >= 15 is 0 Å². The van der Waals surface area contributed by atoms with Gasteiger partial charge in [-0.15, -0.1) is 5.10 Å². The molecule has 0 aliphatic rings. The minimum atomic E-state index is -0.264. The van der Waals surface area contributed by atoms with Gasteiger partial charge in [-0.05, 0) is 24.6 Å². The fourth-order valence-corrected chi connectivity index (χ4v) is 1.68. The Balaban J connectivity index is 2.05. The Bertz CT molecular complexity index is 658. The van der Waals surface area contributed by atoms with Crippen molar-refractivity contribution in [2.45, 2.75) is 13.5 Å². The van der Waals surface area contributed by atoms with Gasteiger partial charge in [0.25, 0.3) is 5.82 Å². The number of hydrogen-bond donors (Lipinski definition) is 1. The number of nitrogens with zero attached hydrogens (tertiary/aromatic N) is 4. The number of benzene rings is 1.